The molecule has 0 bridgehead atoms. The molecule has 0 aromatic heterocycles. The molecule has 2 N–H and O–H groups in total. The van der Waals surface area contributed by atoms with Gasteiger partial charge in [-0.05, 0) is 67.6 Å². The molecule has 0 saturated heterocycles. The van der Waals surface area contributed by atoms with E-state index in [1.807, 2.05) is 32.1 Å². The summed E-state index contributed by atoms with van der Waals surface area (Å²) < 4.78 is 37.2. The van der Waals surface area contributed by atoms with E-state index in [-0.39, 0.29) is 17.8 Å². The number of rotatable bonds is 10. The van der Waals surface area contributed by atoms with Gasteiger partial charge in [-0.25, -0.2) is 4.99 Å². The molecular weight excluding hydrogens is 477 g/mol. The van der Waals surface area contributed by atoms with Gasteiger partial charge in [0.05, 0.1) is 6.42 Å². The maximum atomic E-state index is 12.4. The van der Waals surface area contributed by atoms with Crippen molar-refractivity contribution in [2.45, 2.75) is 70.9 Å². The minimum atomic E-state index is -4.28. The van der Waals surface area contributed by atoms with Gasteiger partial charge in [-0.3, -0.25) is 4.79 Å². The molecule has 0 radical (unpaired) electrons. The van der Waals surface area contributed by atoms with Gasteiger partial charge in [0, 0.05) is 23.9 Å². The fraction of sp³-hybridized carbons (Fsp3) is 0.400. The number of halogens is 3. The zero-order valence-corrected chi connectivity index (χ0v) is 21.9. The smallest absolute Gasteiger partial charge is 0.392 e. The van der Waals surface area contributed by atoms with E-state index in [1.165, 1.54) is 5.56 Å². The second-order valence-electron chi connectivity index (χ2n) is 9.84. The number of hydrogen-bond acceptors (Lipinski definition) is 2. The first-order valence-corrected chi connectivity index (χ1v) is 12.4. The molecule has 4 nitrogen and oxygen atoms in total. The summed E-state index contributed by atoms with van der Waals surface area (Å²) in [6.45, 7) is 14.0. The molecule has 1 aromatic carbocycles. The van der Waals surface area contributed by atoms with Crippen molar-refractivity contribution < 1.29 is 23.1 Å². The van der Waals surface area contributed by atoms with Crippen LogP contribution < -0.4 is 5.32 Å². The monoisotopic (exact) mass is 514 g/mol. The second-order valence-corrected chi connectivity index (χ2v) is 9.84. The minimum Gasteiger partial charge on any atom is -0.481 e. The van der Waals surface area contributed by atoms with Crippen molar-refractivity contribution in [1.29, 1.82) is 0 Å². The molecular formula is C30H37F3N2O2. The number of carboxylic acids is 1. The number of hydrogen-bond donors (Lipinski definition) is 2. The normalized spacial score (nSPS) is 21.4. The van der Waals surface area contributed by atoms with Crippen LogP contribution in [-0.4, -0.2) is 23.1 Å². The van der Waals surface area contributed by atoms with E-state index in [9.17, 15) is 18.0 Å². The third kappa shape index (κ3) is 9.90. The summed E-state index contributed by atoms with van der Waals surface area (Å²) in [4.78, 5) is 15.1. The molecule has 1 fully saturated rings. The molecule has 0 aliphatic heterocycles. The van der Waals surface area contributed by atoms with Crippen LogP contribution in [0, 0.1) is 5.92 Å². The first kappa shape index (κ1) is 29.9. The Morgan fingerprint density at radius 1 is 1.19 bits per heavy atom. The number of carbonyl (C=O) groups is 1. The van der Waals surface area contributed by atoms with Gasteiger partial charge in [-0.1, -0.05) is 68.7 Å². The highest BCUT2D eigenvalue weighted by Crippen LogP contribution is 2.42. The molecule has 0 heterocycles. The van der Waals surface area contributed by atoms with Crippen molar-refractivity contribution in [3.63, 3.8) is 0 Å². The Balaban J connectivity index is 2.07. The summed E-state index contributed by atoms with van der Waals surface area (Å²) in [5, 5.41) is 12.1. The van der Waals surface area contributed by atoms with Gasteiger partial charge in [0.2, 0.25) is 0 Å². The standard InChI is InChI=1S/C30H37F3N2O2/c1-6-23(4)35-28(34-19-7-16-30(31,32)33)22(3)9-8-21(2)25-10-12-26(13-11-25)29(5)17-14-24(15-18-29)20-27(36)37/h6-13,19,24H,2-3,14-18,20H2,1,4-5H3,(H,34,35)(H,36,37)/b9-8-,19-7+,23-6+. The lowest BCUT2D eigenvalue weighted by Crippen LogP contribution is -2.29. The Kier molecular flexibility index (Phi) is 10.7. The Labute approximate surface area is 218 Å². The molecule has 0 spiro atoms. The van der Waals surface area contributed by atoms with Gasteiger partial charge in [-0.2, -0.15) is 13.2 Å². The van der Waals surface area contributed by atoms with Gasteiger partial charge >= 0.3 is 12.1 Å². The molecule has 7 heteroatoms. The third-order valence-electron chi connectivity index (χ3n) is 6.82. The van der Waals surface area contributed by atoms with Gasteiger partial charge in [0.25, 0.3) is 0 Å². The molecule has 0 unspecified atom stereocenters. The van der Waals surface area contributed by atoms with E-state index in [4.69, 9.17) is 5.11 Å². The molecule has 37 heavy (non-hydrogen) atoms. The molecule has 2 rings (SSSR count). The lowest BCUT2D eigenvalue weighted by atomic mass is 9.67. The highest BCUT2D eigenvalue weighted by molar-refractivity contribution is 6.02. The highest BCUT2D eigenvalue weighted by atomic mass is 19.4. The van der Waals surface area contributed by atoms with Gasteiger partial charge < -0.3 is 10.4 Å². The van der Waals surface area contributed by atoms with Crippen LogP contribution >= 0.6 is 0 Å². The van der Waals surface area contributed by atoms with Crippen molar-refractivity contribution >= 4 is 17.4 Å². The van der Waals surface area contributed by atoms with E-state index >= 15 is 0 Å². The Morgan fingerprint density at radius 3 is 2.35 bits per heavy atom. The number of benzene rings is 1. The summed E-state index contributed by atoms with van der Waals surface area (Å²) >= 11 is 0. The first-order chi connectivity index (χ1) is 17.3. The summed E-state index contributed by atoms with van der Waals surface area (Å²) in [5.74, 6) is -0.126. The van der Waals surface area contributed by atoms with Crippen LogP contribution in [0.3, 0.4) is 0 Å². The number of amidine groups is 1. The maximum absolute atomic E-state index is 12.4. The maximum Gasteiger partial charge on any atom is 0.392 e. The summed E-state index contributed by atoms with van der Waals surface area (Å²) in [5.41, 5.74) is 4.26. The third-order valence-corrected chi connectivity index (χ3v) is 6.82. The predicted octanol–water partition coefficient (Wildman–Crippen LogP) is 8.11. The van der Waals surface area contributed by atoms with Crippen LogP contribution in [-0.2, 0) is 10.2 Å². The molecule has 0 amide bonds. The van der Waals surface area contributed by atoms with E-state index in [0.717, 1.165) is 54.8 Å². The van der Waals surface area contributed by atoms with Crippen molar-refractivity contribution in [2.24, 2.45) is 10.9 Å². The SMILES string of the molecule is C=C(/C=C\C(=C)c1ccc(C2(C)CCC(CC(=O)O)CC2)cc1)C(=N/C=C/CC(F)(F)F)N/C(C)=C/C. The van der Waals surface area contributed by atoms with Gasteiger partial charge in [0.15, 0.2) is 0 Å². The van der Waals surface area contributed by atoms with Crippen LogP contribution in [0.5, 0.6) is 0 Å². The second kappa shape index (κ2) is 13.3. The minimum absolute atomic E-state index is 0.0281. The van der Waals surface area contributed by atoms with Crippen LogP contribution in [0.25, 0.3) is 5.57 Å². The summed E-state index contributed by atoms with van der Waals surface area (Å²) in [6, 6.07) is 8.26. The zero-order chi connectivity index (χ0) is 27.6. The average Bonchev–Trinajstić information content (AvgIpc) is 2.84. The van der Waals surface area contributed by atoms with Crippen molar-refractivity contribution in [2.75, 3.05) is 0 Å². The molecule has 0 atom stereocenters. The Morgan fingerprint density at radius 2 is 1.81 bits per heavy atom. The Bertz CT molecular complexity index is 1080. The average molecular weight is 515 g/mol. The number of nitrogens with zero attached hydrogens (tertiary/aromatic N) is 1. The quantitative estimate of drug-likeness (QED) is 0.188. The number of aliphatic imine (C=N–C) groups is 1. The molecule has 1 aromatic rings. The lowest BCUT2D eigenvalue weighted by Gasteiger charge is -2.37. The van der Waals surface area contributed by atoms with Crippen LogP contribution in [0.15, 0.2) is 84.2 Å². The number of alkyl halides is 3. The Hall–Kier alpha value is -3.35. The molecule has 200 valence electrons. The number of nitrogens with one attached hydrogen (secondary N) is 1. The van der Waals surface area contributed by atoms with E-state index < -0.39 is 18.6 Å². The van der Waals surface area contributed by atoms with Crippen LogP contribution in [0.4, 0.5) is 13.2 Å². The van der Waals surface area contributed by atoms with Crippen molar-refractivity contribution in [3.05, 3.63) is 90.3 Å². The largest absolute Gasteiger partial charge is 0.481 e. The first-order valence-electron chi connectivity index (χ1n) is 12.4. The fourth-order valence-corrected chi connectivity index (χ4v) is 4.29. The highest BCUT2D eigenvalue weighted by Gasteiger charge is 2.33. The van der Waals surface area contributed by atoms with Crippen molar-refractivity contribution in [3.8, 4) is 0 Å². The molecule has 1 aliphatic rings. The van der Waals surface area contributed by atoms with Gasteiger partial charge in [-0.15, -0.1) is 0 Å². The fourth-order valence-electron chi connectivity index (χ4n) is 4.29. The lowest BCUT2D eigenvalue weighted by molar-refractivity contribution is -0.138. The predicted molar refractivity (Wildman–Crippen MR) is 145 cm³/mol. The van der Waals surface area contributed by atoms with Crippen LogP contribution in [0.1, 0.15) is 70.4 Å². The number of carboxylic acid groups (broad SMARTS) is 1. The van der Waals surface area contributed by atoms with Crippen molar-refractivity contribution in [1.82, 2.24) is 5.32 Å². The van der Waals surface area contributed by atoms with E-state index in [1.54, 1.807) is 12.2 Å². The van der Waals surface area contributed by atoms with E-state index in [0.29, 0.717) is 11.4 Å². The number of aliphatic carboxylic acids is 1. The number of allylic oxidation sites excluding steroid dienone is 5. The molecule has 1 aliphatic carbocycles. The summed E-state index contributed by atoms with van der Waals surface area (Å²) in [6.07, 6.45) is 6.11. The summed E-state index contributed by atoms with van der Waals surface area (Å²) in [7, 11) is 0. The van der Waals surface area contributed by atoms with Crippen LogP contribution in [0.2, 0.25) is 0 Å². The van der Waals surface area contributed by atoms with Gasteiger partial charge in [0.1, 0.15) is 5.84 Å². The van der Waals surface area contributed by atoms with E-state index in [2.05, 4.69) is 42.5 Å². The topological polar surface area (TPSA) is 61.7 Å². The molecule has 1 saturated carbocycles. The zero-order valence-electron chi connectivity index (χ0n) is 21.9.